The first-order valence-corrected chi connectivity index (χ1v) is 9.11. The van der Waals surface area contributed by atoms with Gasteiger partial charge < -0.3 is 5.32 Å². The first kappa shape index (κ1) is 14.8. The highest BCUT2D eigenvalue weighted by Crippen LogP contribution is 2.46. The number of nitrogens with zero attached hydrogens (tertiary/aromatic N) is 1. The number of rotatable bonds is 3. The van der Waals surface area contributed by atoms with Crippen molar-refractivity contribution >= 4 is 0 Å². The normalized spacial score (nSPS) is 38.1. The Hall–Kier alpha value is -0.0800. The first-order chi connectivity index (χ1) is 9.61. The first-order valence-electron chi connectivity index (χ1n) is 9.11. The molecule has 0 aromatic rings. The summed E-state index contributed by atoms with van der Waals surface area (Å²) < 4.78 is 0. The van der Waals surface area contributed by atoms with Crippen LogP contribution in [-0.4, -0.2) is 35.6 Å². The van der Waals surface area contributed by atoms with Crippen molar-refractivity contribution in [1.29, 1.82) is 0 Å². The number of hydrogen-bond acceptors (Lipinski definition) is 2. The number of nitrogens with one attached hydrogen (secondary N) is 1. The summed E-state index contributed by atoms with van der Waals surface area (Å²) in [5, 5.41) is 3.87. The Bertz CT molecular complexity index is 315. The van der Waals surface area contributed by atoms with Crippen LogP contribution in [0.3, 0.4) is 0 Å². The standard InChI is InChI=1S/C18H34N2/c1-14(2)17-12-20(16-8-6-4-5-7-9-16)18(3,13-19-17)15-10-11-15/h14-17,19H,4-13H2,1-3H3. The molecule has 0 amide bonds. The van der Waals surface area contributed by atoms with Gasteiger partial charge in [-0.1, -0.05) is 39.5 Å². The summed E-state index contributed by atoms with van der Waals surface area (Å²) in [6.07, 6.45) is 11.7. The molecule has 3 fully saturated rings. The second-order valence-electron chi connectivity index (χ2n) is 8.16. The number of hydrogen-bond donors (Lipinski definition) is 1. The maximum atomic E-state index is 3.87. The molecule has 1 heterocycles. The lowest BCUT2D eigenvalue weighted by atomic mass is 9.84. The van der Waals surface area contributed by atoms with Gasteiger partial charge in [-0.25, -0.2) is 0 Å². The summed E-state index contributed by atoms with van der Waals surface area (Å²) in [6.45, 7) is 9.82. The predicted molar refractivity (Wildman–Crippen MR) is 86.0 cm³/mol. The fourth-order valence-corrected chi connectivity index (χ4v) is 4.59. The molecule has 20 heavy (non-hydrogen) atoms. The van der Waals surface area contributed by atoms with Crippen molar-refractivity contribution in [3.8, 4) is 0 Å². The van der Waals surface area contributed by atoms with E-state index in [1.807, 2.05) is 0 Å². The van der Waals surface area contributed by atoms with Crippen LogP contribution in [0.2, 0.25) is 0 Å². The lowest BCUT2D eigenvalue weighted by molar-refractivity contribution is -0.0144. The molecule has 0 spiro atoms. The minimum absolute atomic E-state index is 0.445. The maximum Gasteiger partial charge on any atom is 0.0337 e. The van der Waals surface area contributed by atoms with Crippen molar-refractivity contribution in [2.45, 2.75) is 89.8 Å². The Kier molecular flexibility index (Phi) is 4.42. The highest BCUT2D eigenvalue weighted by Gasteiger charge is 2.50. The molecule has 2 aliphatic carbocycles. The van der Waals surface area contributed by atoms with Gasteiger partial charge in [0, 0.05) is 30.7 Å². The summed E-state index contributed by atoms with van der Waals surface area (Å²) in [7, 11) is 0. The topological polar surface area (TPSA) is 15.3 Å². The molecule has 2 unspecified atom stereocenters. The SMILES string of the molecule is CC(C)C1CN(C2CCCCCC2)C(C)(C2CC2)CN1. The van der Waals surface area contributed by atoms with Crippen molar-refractivity contribution in [3.05, 3.63) is 0 Å². The van der Waals surface area contributed by atoms with Gasteiger partial charge in [0.1, 0.15) is 0 Å². The maximum absolute atomic E-state index is 3.87. The molecule has 116 valence electrons. The highest BCUT2D eigenvalue weighted by molar-refractivity contribution is 5.07. The molecule has 1 N–H and O–H groups in total. The summed E-state index contributed by atoms with van der Waals surface area (Å²) in [5.74, 6) is 1.72. The fourth-order valence-electron chi connectivity index (χ4n) is 4.59. The second-order valence-corrected chi connectivity index (χ2v) is 8.16. The molecule has 3 rings (SSSR count). The van der Waals surface area contributed by atoms with Crippen LogP contribution in [0.4, 0.5) is 0 Å². The average molecular weight is 278 g/mol. The Labute approximate surface area is 125 Å². The van der Waals surface area contributed by atoms with Crippen LogP contribution in [0, 0.1) is 11.8 Å². The summed E-state index contributed by atoms with van der Waals surface area (Å²) in [6, 6.07) is 1.57. The van der Waals surface area contributed by atoms with E-state index in [1.165, 1.54) is 64.5 Å². The Morgan fingerprint density at radius 3 is 2.20 bits per heavy atom. The van der Waals surface area contributed by atoms with Crippen LogP contribution < -0.4 is 5.32 Å². The van der Waals surface area contributed by atoms with E-state index in [0.29, 0.717) is 11.6 Å². The van der Waals surface area contributed by atoms with E-state index in [1.54, 1.807) is 0 Å². The smallest absolute Gasteiger partial charge is 0.0337 e. The predicted octanol–water partition coefficient (Wildman–Crippen LogP) is 3.81. The van der Waals surface area contributed by atoms with Crippen molar-refractivity contribution in [3.63, 3.8) is 0 Å². The molecule has 2 saturated carbocycles. The molecule has 2 atom stereocenters. The second kappa shape index (κ2) is 5.96. The van der Waals surface area contributed by atoms with Crippen molar-refractivity contribution < 1.29 is 0 Å². The third kappa shape index (κ3) is 2.92. The Morgan fingerprint density at radius 1 is 1.00 bits per heavy atom. The van der Waals surface area contributed by atoms with Gasteiger partial charge in [0.25, 0.3) is 0 Å². The molecule has 2 heteroatoms. The Morgan fingerprint density at radius 2 is 1.65 bits per heavy atom. The van der Waals surface area contributed by atoms with E-state index in [2.05, 4.69) is 31.0 Å². The van der Waals surface area contributed by atoms with E-state index in [9.17, 15) is 0 Å². The largest absolute Gasteiger partial charge is 0.311 e. The van der Waals surface area contributed by atoms with Crippen LogP contribution in [0.1, 0.15) is 72.1 Å². The van der Waals surface area contributed by atoms with Crippen LogP contribution in [0.25, 0.3) is 0 Å². The third-order valence-electron chi connectivity index (χ3n) is 6.30. The zero-order valence-electron chi connectivity index (χ0n) is 13.8. The lowest BCUT2D eigenvalue weighted by Gasteiger charge is -2.53. The van der Waals surface area contributed by atoms with Gasteiger partial charge in [0.05, 0.1) is 0 Å². The molecule has 2 nitrogen and oxygen atoms in total. The van der Waals surface area contributed by atoms with Gasteiger partial charge in [-0.05, 0) is 44.4 Å². The number of piperazine rings is 1. The molecular weight excluding hydrogens is 244 g/mol. The third-order valence-corrected chi connectivity index (χ3v) is 6.30. The van der Waals surface area contributed by atoms with Crippen LogP contribution in [-0.2, 0) is 0 Å². The molecule has 0 radical (unpaired) electrons. The van der Waals surface area contributed by atoms with Gasteiger partial charge in [0.2, 0.25) is 0 Å². The molecule has 3 aliphatic rings. The molecule has 1 aliphatic heterocycles. The molecular formula is C18H34N2. The minimum atomic E-state index is 0.445. The monoisotopic (exact) mass is 278 g/mol. The van der Waals surface area contributed by atoms with E-state index in [-0.39, 0.29) is 0 Å². The summed E-state index contributed by atoms with van der Waals surface area (Å²) in [5.41, 5.74) is 0.445. The van der Waals surface area contributed by atoms with Gasteiger partial charge >= 0.3 is 0 Å². The van der Waals surface area contributed by atoms with Crippen molar-refractivity contribution in [1.82, 2.24) is 10.2 Å². The lowest BCUT2D eigenvalue weighted by Crippen LogP contribution is -2.67. The van der Waals surface area contributed by atoms with Gasteiger partial charge in [0.15, 0.2) is 0 Å². The van der Waals surface area contributed by atoms with E-state index < -0.39 is 0 Å². The molecule has 0 aromatic heterocycles. The van der Waals surface area contributed by atoms with Crippen LogP contribution in [0.5, 0.6) is 0 Å². The highest BCUT2D eigenvalue weighted by atomic mass is 15.3. The van der Waals surface area contributed by atoms with Crippen LogP contribution in [0.15, 0.2) is 0 Å². The quantitative estimate of drug-likeness (QED) is 0.790. The van der Waals surface area contributed by atoms with Crippen molar-refractivity contribution in [2.24, 2.45) is 11.8 Å². The summed E-state index contributed by atoms with van der Waals surface area (Å²) >= 11 is 0. The summed E-state index contributed by atoms with van der Waals surface area (Å²) in [4.78, 5) is 2.97. The average Bonchev–Trinajstić information content (AvgIpc) is 3.26. The Balaban J connectivity index is 1.76. The van der Waals surface area contributed by atoms with Gasteiger partial charge in [-0.2, -0.15) is 0 Å². The van der Waals surface area contributed by atoms with Gasteiger partial charge in [-0.3, -0.25) is 4.90 Å². The molecule has 0 aromatic carbocycles. The van der Waals surface area contributed by atoms with Gasteiger partial charge in [-0.15, -0.1) is 0 Å². The zero-order valence-corrected chi connectivity index (χ0v) is 13.8. The van der Waals surface area contributed by atoms with Crippen molar-refractivity contribution in [2.75, 3.05) is 13.1 Å². The molecule has 0 bridgehead atoms. The fraction of sp³-hybridized carbons (Fsp3) is 1.00. The van der Waals surface area contributed by atoms with E-state index >= 15 is 0 Å². The van der Waals surface area contributed by atoms with Crippen LogP contribution >= 0.6 is 0 Å². The zero-order chi connectivity index (χ0) is 14.2. The minimum Gasteiger partial charge on any atom is -0.311 e. The molecule has 1 saturated heterocycles. The van der Waals surface area contributed by atoms with E-state index in [0.717, 1.165) is 17.9 Å². The van der Waals surface area contributed by atoms with E-state index in [4.69, 9.17) is 0 Å².